The first-order valence-corrected chi connectivity index (χ1v) is 13.5. The average molecular weight is 495 g/mol. The molecule has 0 amide bonds. The molecule has 4 nitrogen and oxygen atoms in total. The van der Waals surface area contributed by atoms with Gasteiger partial charge in [0.2, 0.25) is 0 Å². The molecule has 38 heavy (non-hydrogen) atoms. The SMILES string of the molecule is C1=CC2=CC=C(CC2)N1.C1=Cc2ccc3c(c2CC1)CC(c1cccc(-n2cccn2)n1)c1ccccc1-3. The van der Waals surface area contributed by atoms with Gasteiger partial charge in [-0.1, -0.05) is 60.7 Å². The first-order chi connectivity index (χ1) is 18.8. The number of benzene rings is 2. The molecule has 2 aliphatic heterocycles. The van der Waals surface area contributed by atoms with Gasteiger partial charge in [0, 0.05) is 30.2 Å². The highest BCUT2D eigenvalue weighted by Gasteiger charge is 2.29. The fraction of sp³-hybridized carbons (Fsp3) is 0.176. The molecule has 5 aliphatic rings. The van der Waals surface area contributed by atoms with Crippen LogP contribution >= 0.6 is 0 Å². The van der Waals surface area contributed by atoms with Crippen LogP contribution in [0.15, 0.2) is 115 Å². The highest BCUT2D eigenvalue weighted by atomic mass is 15.3. The van der Waals surface area contributed by atoms with Crippen molar-refractivity contribution in [3.8, 4) is 16.9 Å². The minimum atomic E-state index is 0.256. The van der Waals surface area contributed by atoms with E-state index in [1.54, 1.807) is 6.20 Å². The highest BCUT2D eigenvalue weighted by molar-refractivity contribution is 5.78. The summed E-state index contributed by atoms with van der Waals surface area (Å²) in [5.41, 5.74) is 12.4. The van der Waals surface area contributed by atoms with E-state index < -0.39 is 0 Å². The lowest BCUT2D eigenvalue weighted by molar-refractivity contribution is 0.738. The summed E-state index contributed by atoms with van der Waals surface area (Å²) >= 11 is 0. The first-order valence-electron chi connectivity index (χ1n) is 13.5. The molecule has 0 saturated heterocycles. The molecule has 0 spiro atoms. The zero-order valence-electron chi connectivity index (χ0n) is 21.3. The summed E-state index contributed by atoms with van der Waals surface area (Å²) in [4.78, 5) is 5.01. The molecule has 186 valence electrons. The number of hydrogen-bond donors (Lipinski definition) is 1. The minimum absolute atomic E-state index is 0.256. The molecule has 4 aromatic rings. The Bertz CT molecular complexity index is 1620. The summed E-state index contributed by atoms with van der Waals surface area (Å²) in [7, 11) is 0. The molecule has 1 atom stereocenters. The molecule has 1 N–H and O–H groups in total. The van der Waals surface area contributed by atoms with E-state index in [1.807, 2.05) is 29.2 Å². The van der Waals surface area contributed by atoms with Gasteiger partial charge in [0.15, 0.2) is 5.82 Å². The van der Waals surface area contributed by atoms with Gasteiger partial charge in [-0.05, 0) is 101 Å². The van der Waals surface area contributed by atoms with E-state index in [2.05, 4.69) is 89.3 Å². The van der Waals surface area contributed by atoms with Gasteiger partial charge in [-0.2, -0.15) is 5.10 Å². The molecule has 4 heterocycles. The second-order valence-electron chi connectivity index (χ2n) is 10.2. The van der Waals surface area contributed by atoms with E-state index in [0.29, 0.717) is 0 Å². The Kier molecular flexibility index (Phi) is 5.86. The second kappa shape index (κ2) is 9.79. The van der Waals surface area contributed by atoms with E-state index in [1.165, 1.54) is 57.5 Å². The van der Waals surface area contributed by atoms with Crippen LogP contribution in [0.3, 0.4) is 0 Å². The Labute approximate surface area is 223 Å². The molecule has 0 saturated carbocycles. The molecule has 0 radical (unpaired) electrons. The van der Waals surface area contributed by atoms with Crippen molar-refractivity contribution in [1.82, 2.24) is 20.1 Å². The summed E-state index contributed by atoms with van der Waals surface area (Å²) in [5, 5.41) is 7.56. The number of nitrogens with one attached hydrogen (secondary N) is 1. The largest absolute Gasteiger partial charge is 0.365 e. The summed E-state index contributed by atoms with van der Waals surface area (Å²) in [5.74, 6) is 1.13. The van der Waals surface area contributed by atoms with Crippen LogP contribution in [0.5, 0.6) is 0 Å². The van der Waals surface area contributed by atoms with E-state index in [0.717, 1.165) is 30.8 Å². The van der Waals surface area contributed by atoms with Gasteiger partial charge < -0.3 is 5.32 Å². The first kappa shape index (κ1) is 22.7. The number of pyridine rings is 1. The number of rotatable bonds is 2. The molecule has 3 aliphatic carbocycles. The van der Waals surface area contributed by atoms with E-state index in [9.17, 15) is 0 Å². The fourth-order valence-corrected chi connectivity index (χ4v) is 6.04. The van der Waals surface area contributed by atoms with Crippen LogP contribution in [0.25, 0.3) is 23.0 Å². The van der Waals surface area contributed by atoms with Crippen molar-refractivity contribution in [2.24, 2.45) is 0 Å². The topological polar surface area (TPSA) is 42.7 Å². The third-order valence-corrected chi connectivity index (χ3v) is 7.96. The van der Waals surface area contributed by atoms with Crippen LogP contribution in [0.2, 0.25) is 0 Å². The summed E-state index contributed by atoms with van der Waals surface area (Å²) in [6.45, 7) is 0. The maximum absolute atomic E-state index is 5.01. The summed E-state index contributed by atoms with van der Waals surface area (Å²) < 4.78 is 1.83. The second-order valence-corrected chi connectivity index (χ2v) is 10.2. The fourth-order valence-electron chi connectivity index (χ4n) is 6.04. The summed E-state index contributed by atoms with van der Waals surface area (Å²) in [6, 6.07) is 21.6. The van der Waals surface area contributed by atoms with Crippen molar-refractivity contribution in [3.63, 3.8) is 0 Å². The van der Waals surface area contributed by atoms with Gasteiger partial charge in [-0.15, -0.1) is 0 Å². The molecule has 9 rings (SSSR count). The van der Waals surface area contributed by atoms with Gasteiger partial charge in [-0.3, -0.25) is 0 Å². The van der Waals surface area contributed by atoms with E-state index >= 15 is 0 Å². The molecular weight excluding hydrogens is 464 g/mol. The van der Waals surface area contributed by atoms with Gasteiger partial charge in [-0.25, -0.2) is 9.67 Å². The number of nitrogens with zero attached hydrogens (tertiary/aromatic N) is 3. The molecular formula is C34H30N4. The maximum Gasteiger partial charge on any atom is 0.153 e. The average Bonchev–Trinajstić information content (AvgIpc) is 3.33. The smallest absolute Gasteiger partial charge is 0.153 e. The Morgan fingerprint density at radius 2 is 1.79 bits per heavy atom. The van der Waals surface area contributed by atoms with Crippen LogP contribution in [-0.2, 0) is 12.8 Å². The van der Waals surface area contributed by atoms with Crippen molar-refractivity contribution < 1.29 is 0 Å². The van der Waals surface area contributed by atoms with Crippen LogP contribution in [-0.4, -0.2) is 14.8 Å². The van der Waals surface area contributed by atoms with Gasteiger partial charge in [0.1, 0.15) is 0 Å². The Morgan fingerprint density at radius 3 is 2.68 bits per heavy atom. The minimum Gasteiger partial charge on any atom is -0.365 e. The Balaban J connectivity index is 0.000000227. The van der Waals surface area contributed by atoms with Crippen LogP contribution in [0.4, 0.5) is 0 Å². The quantitative estimate of drug-likeness (QED) is 0.318. The number of allylic oxidation sites excluding steroid dienone is 6. The zero-order valence-corrected chi connectivity index (χ0v) is 21.3. The lowest BCUT2D eigenvalue weighted by Gasteiger charge is -2.31. The Morgan fingerprint density at radius 1 is 0.816 bits per heavy atom. The van der Waals surface area contributed by atoms with E-state index in [4.69, 9.17) is 4.98 Å². The van der Waals surface area contributed by atoms with Crippen LogP contribution in [0, 0.1) is 0 Å². The van der Waals surface area contributed by atoms with Crippen molar-refractivity contribution in [2.45, 2.75) is 38.0 Å². The van der Waals surface area contributed by atoms with Gasteiger partial charge >= 0.3 is 0 Å². The standard InChI is InChI=1S/C26H21N3.C8H9N/c1-2-8-19-18(7-1)13-14-22-20-9-3-4-10-21(20)24(17-23(19)22)25-11-5-12-26(28-25)29-16-6-15-27-29;1-3-8-4-2-7(1)5-6-9-8/h1,3-7,9-16,24H,2,8,17H2;1,3,5-6,9H,2,4H2. The van der Waals surface area contributed by atoms with Crippen molar-refractivity contribution in [2.75, 3.05) is 0 Å². The summed E-state index contributed by atoms with van der Waals surface area (Å²) in [6.07, 6.45) is 22.4. The predicted octanol–water partition coefficient (Wildman–Crippen LogP) is 7.29. The molecule has 0 fully saturated rings. The molecule has 1 unspecified atom stereocenters. The monoisotopic (exact) mass is 494 g/mol. The van der Waals surface area contributed by atoms with Crippen LogP contribution in [0.1, 0.15) is 53.1 Å². The van der Waals surface area contributed by atoms with E-state index in [-0.39, 0.29) is 5.92 Å². The third kappa shape index (κ3) is 4.22. The maximum atomic E-state index is 5.01. The van der Waals surface area contributed by atoms with Gasteiger partial charge in [0.25, 0.3) is 0 Å². The Hall–Kier alpha value is -4.44. The predicted molar refractivity (Wildman–Crippen MR) is 154 cm³/mol. The zero-order chi connectivity index (χ0) is 25.3. The van der Waals surface area contributed by atoms with Gasteiger partial charge in [0.05, 0.1) is 5.69 Å². The number of fused-ring (bicyclic) bond motifs is 8. The molecule has 4 heteroatoms. The van der Waals surface area contributed by atoms with Crippen molar-refractivity contribution in [3.05, 3.63) is 143 Å². The number of aromatic nitrogens is 3. The van der Waals surface area contributed by atoms with Crippen LogP contribution < -0.4 is 5.32 Å². The van der Waals surface area contributed by atoms with Crippen molar-refractivity contribution >= 4 is 6.08 Å². The molecule has 2 bridgehead atoms. The molecule has 2 aromatic carbocycles. The lowest BCUT2D eigenvalue weighted by Crippen LogP contribution is -2.17. The lowest BCUT2D eigenvalue weighted by atomic mass is 9.74. The third-order valence-electron chi connectivity index (χ3n) is 7.96. The van der Waals surface area contributed by atoms with Crippen molar-refractivity contribution in [1.29, 1.82) is 0 Å². The molecule has 2 aromatic heterocycles. The number of hydrogen-bond acceptors (Lipinski definition) is 3. The highest BCUT2D eigenvalue weighted by Crippen LogP contribution is 2.45. The normalized spacial score (nSPS) is 18.1.